The highest BCUT2D eigenvalue weighted by molar-refractivity contribution is 5.87. The second-order valence-electron chi connectivity index (χ2n) is 2.95. The number of carbonyl (C=O) groups is 1. The van der Waals surface area contributed by atoms with Crippen molar-refractivity contribution >= 4 is 5.91 Å². The largest absolute Gasteiger partial charge is 0.396 e. The van der Waals surface area contributed by atoms with Crippen molar-refractivity contribution in [3.63, 3.8) is 0 Å². The summed E-state index contributed by atoms with van der Waals surface area (Å²) in [5.74, 6) is 0.0842. The molecule has 1 heterocycles. The minimum Gasteiger partial charge on any atom is -0.396 e. The van der Waals surface area contributed by atoms with Crippen molar-refractivity contribution in [3.05, 3.63) is 12.2 Å². The lowest BCUT2D eigenvalue weighted by Crippen LogP contribution is -2.30. The molecule has 0 saturated carbocycles. The smallest absolute Gasteiger partial charge is 0.246 e. The molecule has 1 N–H and O–H groups in total. The first-order valence-electron chi connectivity index (χ1n) is 4.41. The van der Waals surface area contributed by atoms with E-state index < -0.39 is 0 Å². The number of allylic oxidation sites excluding steroid dienone is 1. The number of carbonyl (C=O) groups excluding carboxylic acids is 1. The van der Waals surface area contributed by atoms with Gasteiger partial charge in [-0.3, -0.25) is 4.79 Å². The van der Waals surface area contributed by atoms with Crippen LogP contribution in [0.1, 0.15) is 19.3 Å². The predicted molar refractivity (Wildman–Crippen MR) is 46.7 cm³/mol. The van der Waals surface area contributed by atoms with Crippen LogP contribution in [0.5, 0.6) is 0 Å². The van der Waals surface area contributed by atoms with E-state index in [-0.39, 0.29) is 12.5 Å². The molecule has 0 radical (unpaired) electrons. The molecule has 3 nitrogen and oxygen atoms in total. The van der Waals surface area contributed by atoms with Gasteiger partial charge in [0.25, 0.3) is 0 Å². The van der Waals surface area contributed by atoms with Crippen molar-refractivity contribution in [3.8, 4) is 0 Å². The molecule has 3 heteroatoms. The normalized spacial score (nSPS) is 18.1. The third-order valence-corrected chi connectivity index (χ3v) is 1.96. The second kappa shape index (κ2) is 4.93. The molecule has 0 saturated heterocycles. The van der Waals surface area contributed by atoms with Crippen LogP contribution in [0, 0.1) is 0 Å². The number of aliphatic hydroxyl groups is 1. The van der Waals surface area contributed by atoms with Crippen molar-refractivity contribution in [1.82, 2.24) is 4.90 Å². The summed E-state index contributed by atoms with van der Waals surface area (Å²) >= 11 is 0. The van der Waals surface area contributed by atoms with Crippen LogP contribution in [0.4, 0.5) is 0 Å². The van der Waals surface area contributed by atoms with E-state index in [0.29, 0.717) is 13.0 Å². The molecule has 0 aromatic heterocycles. The van der Waals surface area contributed by atoms with Crippen LogP contribution >= 0.6 is 0 Å². The maximum atomic E-state index is 11.3. The van der Waals surface area contributed by atoms with Gasteiger partial charge in [-0.1, -0.05) is 6.08 Å². The summed E-state index contributed by atoms with van der Waals surface area (Å²) in [4.78, 5) is 13.1. The molecule has 0 fully saturated rings. The van der Waals surface area contributed by atoms with Gasteiger partial charge in [0.05, 0.1) is 0 Å². The molecule has 0 spiro atoms. The third kappa shape index (κ3) is 2.66. The van der Waals surface area contributed by atoms with E-state index in [9.17, 15) is 4.79 Å². The van der Waals surface area contributed by atoms with E-state index in [1.165, 1.54) is 0 Å². The monoisotopic (exact) mass is 169 g/mol. The Hall–Kier alpha value is -0.830. The quantitative estimate of drug-likeness (QED) is 0.670. The van der Waals surface area contributed by atoms with Gasteiger partial charge in [-0.25, -0.2) is 0 Å². The maximum absolute atomic E-state index is 11.3. The number of aliphatic hydroxyl groups excluding tert-OH is 1. The Morgan fingerprint density at radius 1 is 1.58 bits per heavy atom. The fourth-order valence-electron chi connectivity index (χ4n) is 1.28. The summed E-state index contributed by atoms with van der Waals surface area (Å²) in [6.45, 7) is 1.67. The van der Waals surface area contributed by atoms with Crippen LogP contribution in [0.3, 0.4) is 0 Å². The lowest BCUT2D eigenvalue weighted by Gasteiger charge is -2.18. The average Bonchev–Trinajstić information content (AvgIpc) is 2.27. The zero-order valence-corrected chi connectivity index (χ0v) is 7.20. The highest BCUT2D eigenvalue weighted by Crippen LogP contribution is 2.04. The van der Waals surface area contributed by atoms with E-state index in [1.807, 2.05) is 6.08 Å². The highest BCUT2D eigenvalue weighted by atomic mass is 16.3. The number of nitrogens with zero attached hydrogens (tertiary/aromatic N) is 1. The standard InChI is InChI=1S/C9H15NO2/c11-8-4-7-10-6-3-1-2-5-9(10)12/h2,5,11H,1,3-4,6-8H2. The minimum atomic E-state index is 0.0842. The van der Waals surface area contributed by atoms with E-state index in [4.69, 9.17) is 5.11 Å². The van der Waals surface area contributed by atoms with Gasteiger partial charge in [0.2, 0.25) is 5.91 Å². The molecule has 0 unspecified atom stereocenters. The highest BCUT2D eigenvalue weighted by Gasteiger charge is 2.11. The van der Waals surface area contributed by atoms with Gasteiger partial charge in [0, 0.05) is 19.7 Å². The van der Waals surface area contributed by atoms with Crippen molar-refractivity contribution < 1.29 is 9.90 Å². The first-order chi connectivity index (χ1) is 5.84. The molecule has 0 bridgehead atoms. The Balaban J connectivity index is 2.39. The van der Waals surface area contributed by atoms with Gasteiger partial charge in [-0.15, -0.1) is 0 Å². The molecule has 12 heavy (non-hydrogen) atoms. The first kappa shape index (κ1) is 9.26. The predicted octanol–water partition coefficient (Wildman–Crippen LogP) is 0.547. The van der Waals surface area contributed by atoms with Crippen LogP contribution in [0.2, 0.25) is 0 Å². The lowest BCUT2D eigenvalue weighted by atomic mass is 10.3. The zero-order valence-electron chi connectivity index (χ0n) is 7.20. The lowest BCUT2D eigenvalue weighted by molar-refractivity contribution is -0.126. The van der Waals surface area contributed by atoms with Gasteiger partial charge >= 0.3 is 0 Å². The summed E-state index contributed by atoms with van der Waals surface area (Å²) in [6.07, 6.45) is 6.25. The third-order valence-electron chi connectivity index (χ3n) is 1.96. The Morgan fingerprint density at radius 3 is 3.17 bits per heavy atom. The Labute approximate surface area is 72.7 Å². The topological polar surface area (TPSA) is 40.5 Å². The van der Waals surface area contributed by atoms with Crippen LogP contribution in [0.15, 0.2) is 12.2 Å². The summed E-state index contributed by atoms with van der Waals surface area (Å²) in [7, 11) is 0. The van der Waals surface area contributed by atoms with Crippen molar-refractivity contribution in [2.24, 2.45) is 0 Å². The Morgan fingerprint density at radius 2 is 2.42 bits per heavy atom. The average molecular weight is 169 g/mol. The fraction of sp³-hybridized carbons (Fsp3) is 0.667. The van der Waals surface area contributed by atoms with Gasteiger partial charge in [0.15, 0.2) is 0 Å². The van der Waals surface area contributed by atoms with Gasteiger partial charge in [0.1, 0.15) is 0 Å². The van der Waals surface area contributed by atoms with Gasteiger partial charge in [-0.05, 0) is 25.3 Å². The molecule has 0 aromatic carbocycles. The van der Waals surface area contributed by atoms with Crippen LogP contribution in [0.25, 0.3) is 0 Å². The zero-order chi connectivity index (χ0) is 8.81. The van der Waals surface area contributed by atoms with Gasteiger partial charge < -0.3 is 10.0 Å². The molecule has 68 valence electrons. The molecular weight excluding hydrogens is 154 g/mol. The Bertz CT molecular complexity index is 177. The molecule has 0 aromatic rings. The summed E-state index contributed by atoms with van der Waals surface area (Å²) < 4.78 is 0. The number of amides is 1. The van der Waals surface area contributed by atoms with Gasteiger partial charge in [-0.2, -0.15) is 0 Å². The molecular formula is C9H15NO2. The maximum Gasteiger partial charge on any atom is 0.246 e. The SMILES string of the molecule is O=C1C=CCCCN1CCCO. The number of hydrogen-bond donors (Lipinski definition) is 1. The summed E-state index contributed by atoms with van der Waals surface area (Å²) in [6, 6.07) is 0. The van der Waals surface area contributed by atoms with E-state index >= 15 is 0 Å². The van der Waals surface area contributed by atoms with E-state index in [2.05, 4.69) is 0 Å². The van der Waals surface area contributed by atoms with Crippen molar-refractivity contribution in [1.29, 1.82) is 0 Å². The molecule has 0 aliphatic carbocycles. The van der Waals surface area contributed by atoms with Crippen LogP contribution < -0.4 is 0 Å². The van der Waals surface area contributed by atoms with E-state index in [0.717, 1.165) is 19.4 Å². The van der Waals surface area contributed by atoms with E-state index in [1.54, 1.807) is 11.0 Å². The first-order valence-corrected chi connectivity index (χ1v) is 4.41. The Kier molecular flexibility index (Phi) is 3.80. The van der Waals surface area contributed by atoms with Crippen molar-refractivity contribution in [2.45, 2.75) is 19.3 Å². The molecule has 0 atom stereocenters. The fourth-order valence-corrected chi connectivity index (χ4v) is 1.28. The van der Waals surface area contributed by atoms with Crippen molar-refractivity contribution in [2.75, 3.05) is 19.7 Å². The minimum absolute atomic E-state index is 0.0842. The molecule has 1 amide bonds. The molecule has 1 aliphatic heterocycles. The van der Waals surface area contributed by atoms with Crippen LogP contribution in [-0.2, 0) is 4.79 Å². The molecule has 1 aliphatic rings. The number of rotatable bonds is 3. The summed E-state index contributed by atoms with van der Waals surface area (Å²) in [5.41, 5.74) is 0. The van der Waals surface area contributed by atoms with Crippen LogP contribution in [-0.4, -0.2) is 35.6 Å². The number of hydrogen-bond acceptors (Lipinski definition) is 2. The summed E-state index contributed by atoms with van der Waals surface area (Å²) in [5, 5.41) is 8.60. The second-order valence-corrected chi connectivity index (χ2v) is 2.95. The molecule has 1 rings (SSSR count).